The highest BCUT2D eigenvalue weighted by Crippen LogP contribution is 2.18. The van der Waals surface area contributed by atoms with Gasteiger partial charge in [-0.1, -0.05) is 44.2 Å². The molecule has 1 unspecified atom stereocenters. The standard InChI is InChI=1S/C16H19N3O2/c1-11(2)14-8-15(19-10-18-14)17-9-13(16(20)21)12-6-4-3-5-7-12/h3-8,10-11,13H,9H2,1-2H3,(H,20,21)(H,17,18,19). The number of nitrogens with one attached hydrogen (secondary N) is 1. The molecular weight excluding hydrogens is 266 g/mol. The molecule has 0 fully saturated rings. The molecule has 0 saturated heterocycles. The minimum absolute atomic E-state index is 0.286. The molecular formula is C16H19N3O2. The molecule has 0 radical (unpaired) electrons. The summed E-state index contributed by atoms with van der Waals surface area (Å²) in [5.74, 6) is -0.510. The summed E-state index contributed by atoms with van der Waals surface area (Å²) in [5, 5.41) is 12.5. The number of aliphatic carboxylic acids is 1. The zero-order chi connectivity index (χ0) is 15.2. The average molecular weight is 285 g/mol. The summed E-state index contributed by atoms with van der Waals surface area (Å²) < 4.78 is 0. The molecule has 0 bridgehead atoms. The van der Waals surface area contributed by atoms with Crippen molar-refractivity contribution in [1.82, 2.24) is 9.97 Å². The first-order chi connectivity index (χ1) is 10.1. The SMILES string of the molecule is CC(C)c1cc(NCC(C(=O)O)c2ccccc2)ncn1. The van der Waals surface area contributed by atoms with Crippen LogP contribution in [0.4, 0.5) is 5.82 Å². The molecule has 0 aliphatic heterocycles. The van der Waals surface area contributed by atoms with Crippen molar-refractivity contribution >= 4 is 11.8 Å². The molecule has 2 N–H and O–H groups in total. The molecule has 2 aromatic rings. The van der Waals surface area contributed by atoms with E-state index in [0.29, 0.717) is 11.7 Å². The van der Waals surface area contributed by atoms with Gasteiger partial charge in [0.05, 0.1) is 5.92 Å². The molecule has 0 aliphatic carbocycles. The van der Waals surface area contributed by atoms with Gasteiger partial charge in [-0.15, -0.1) is 0 Å². The zero-order valence-electron chi connectivity index (χ0n) is 12.2. The fourth-order valence-electron chi connectivity index (χ4n) is 2.02. The second kappa shape index (κ2) is 6.83. The number of benzene rings is 1. The summed E-state index contributed by atoms with van der Waals surface area (Å²) >= 11 is 0. The maximum Gasteiger partial charge on any atom is 0.312 e. The monoisotopic (exact) mass is 285 g/mol. The number of aromatic nitrogens is 2. The van der Waals surface area contributed by atoms with Gasteiger partial charge in [0.1, 0.15) is 12.1 Å². The number of nitrogens with zero attached hydrogens (tertiary/aromatic N) is 2. The Kier molecular flexibility index (Phi) is 4.87. The van der Waals surface area contributed by atoms with Crippen LogP contribution in [0.15, 0.2) is 42.7 Å². The third-order valence-corrected chi connectivity index (χ3v) is 3.27. The van der Waals surface area contributed by atoms with Gasteiger partial charge in [0.15, 0.2) is 0 Å². The van der Waals surface area contributed by atoms with Gasteiger partial charge in [-0.05, 0) is 11.5 Å². The van der Waals surface area contributed by atoms with Crippen LogP contribution in [0.1, 0.15) is 36.9 Å². The van der Waals surface area contributed by atoms with E-state index in [1.165, 1.54) is 6.33 Å². The number of carboxylic acid groups (broad SMARTS) is 1. The first-order valence-corrected chi connectivity index (χ1v) is 6.91. The Hall–Kier alpha value is -2.43. The topological polar surface area (TPSA) is 75.1 Å². The van der Waals surface area contributed by atoms with Crippen LogP contribution in [0.25, 0.3) is 0 Å². The van der Waals surface area contributed by atoms with Gasteiger partial charge >= 0.3 is 5.97 Å². The third-order valence-electron chi connectivity index (χ3n) is 3.27. The van der Waals surface area contributed by atoms with Crippen molar-refractivity contribution < 1.29 is 9.90 Å². The lowest BCUT2D eigenvalue weighted by atomic mass is 9.99. The van der Waals surface area contributed by atoms with Gasteiger partial charge in [-0.25, -0.2) is 9.97 Å². The largest absolute Gasteiger partial charge is 0.481 e. The third kappa shape index (κ3) is 4.02. The number of anilines is 1. The Morgan fingerprint density at radius 2 is 1.95 bits per heavy atom. The van der Waals surface area contributed by atoms with E-state index in [9.17, 15) is 9.90 Å². The fraction of sp³-hybridized carbons (Fsp3) is 0.312. The van der Waals surface area contributed by atoms with Crippen LogP contribution in [0.2, 0.25) is 0 Å². The minimum atomic E-state index is -0.855. The zero-order valence-corrected chi connectivity index (χ0v) is 12.2. The lowest BCUT2D eigenvalue weighted by Crippen LogP contribution is -2.21. The second-order valence-corrected chi connectivity index (χ2v) is 5.17. The van der Waals surface area contributed by atoms with Crippen molar-refractivity contribution in [3.05, 3.63) is 54.0 Å². The summed E-state index contributed by atoms with van der Waals surface area (Å²) in [7, 11) is 0. The molecule has 2 rings (SSSR count). The van der Waals surface area contributed by atoms with Crippen LogP contribution in [-0.2, 0) is 4.79 Å². The summed E-state index contributed by atoms with van der Waals surface area (Å²) in [4.78, 5) is 19.7. The van der Waals surface area contributed by atoms with Crippen LogP contribution < -0.4 is 5.32 Å². The fourth-order valence-corrected chi connectivity index (χ4v) is 2.02. The normalized spacial score (nSPS) is 12.1. The van der Waals surface area contributed by atoms with Crippen LogP contribution in [0.5, 0.6) is 0 Å². The molecule has 0 spiro atoms. The van der Waals surface area contributed by atoms with Gasteiger partial charge < -0.3 is 10.4 Å². The van der Waals surface area contributed by atoms with Crippen LogP contribution >= 0.6 is 0 Å². The predicted molar refractivity (Wildman–Crippen MR) is 81.4 cm³/mol. The second-order valence-electron chi connectivity index (χ2n) is 5.17. The van der Waals surface area contributed by atoms with E-state index in [1.54, 1.807) is 0 Å². The van der Waals surface area contributed by atoms with Crippen molar-refractivity contribution in [2.45, 2.75) is 25.7 Å². The Labute approximate surface area is 124 Å². The first-order valence-electron chi connectivity index (χ1n) is 6.91. The smallest absolute Gasteiger partial charge is 0.312 e. The van der Waals surface area contributed by atoms with Crippen molar-refractivity contribution in [1.29, 1.82) is 0 Å². The molecule has 1 heterocycles. The van der Waals surface area contributed by atoms with E-state index < -0.39 is 11.9 Å². The van der Waals surface area contributed by atoms with Gasteiger partial charge in [0, 0.05) is 18.3 Å². The number of carbonyl (C=O) groups is 1. The van der Waals surface area contributed by atoms with Crippen LogP contribution in [-0.4, -0.2) is 27.6 Å². The lowest BCUT2D eigenvalue weighted by molar-refractivity contribution is -0.138. The highest BCUT2D eigenvalue weighted by Gasteiger charge is 2.19. The van der Waals surface area contributed by atoms with Crippen LogP contribution in [0.3, 0.4) is 0 Å². The first kappa shape index (κ1) is 15.0. The quantitative estimate of drug-likeness (QED) is 0.853. The summed E-state index contributed by atoms with van der Waals surface area (Å²) in [5.41, 5.74) is 1.70. The maximum absolute atomic E-state index is 11.4. The number of carboxylic acids is 1. The van der Waals surface area contributed by atoms with Crippen LogP contribution in [0, 0.1) is 0 Å². The number of hydrogen-bond acceptors (Lipinski definition) is 4. The minimum Gasteiger partial charge on any atom is -0.481 e. The lowest BCUT2D eigenvalue weighted by Gasteiger charge is -2.14. The summed E-state index contributed by atoms with van der Waals surface area (Å²) in [6, 6.07) is 11.0. The maximum atomic E-state index is 11.4. The predicted octanol–water partition coefficient (Wildman–Crippen LogP) is 2.88. The Morgan fingerprint density at radius 3 is 2.57 bits per heavy atom. The highest BCUT2D eigenvalue weighted by atomic mass is 16.4. The Bertz CT molecular complexity index is 599. The van der Waals surface area contributed by atoms with Crippen molar-refractivity contribution in [3.8, 4) is 0 Å². The van der Waals surface area contributed by atoms with Gasteiger partial charge in [0.25, 0.3) is 0 Å². The molecule has 0 saturated carbocycles. The van der Waals surface area contributed by atoms with E-state index >= 15 is 0 Å². The van der Waals surface area contributed by atoms with E-state index in [0.717, 1.165) is 11.3 Å². The molecule has 110 valence electrons. The molecule has 1 aromatic heterocycles. The van der Waals surface area contributed by atoms with Crippen molar-refractivity contribution in [3.63, 3.8) is 0 Å². The molecule has 0 aliphatic rings. The van der Waals surface area contributed by atoms with Gasteiger partial charge in [0.2, 0.25) is 0 Å². The molecule has 21 heavy (non-hydrogen) atoms. The summed E-state index contributed by atoms with van der Waals surface area (Å²) in [6.45, 7) is 4.39. The Morgan fingerprint density at radius 1 is 1.24 bits per heavy atom. The highest BCUT2D eigenvalue weighted by molar-refractivity contribution is 5.76. The molecule has 5 nitrogen and oxygen atoms in total. The molecule has 0 amide bonds. The number of hydrogen-bond donors (Lipinski definition) is 2. The number of rotatable bonds is 6. The van der Waals surface area contributed by atoms with E-state index in [-0.39, 0.29) is 6.54 Å². The van der Waals surface area contributed by atoms with E-state index in [2.05, 4.69) is 29.1 Å². The Balaban J connectivity index is 2.09. The summed E-state index contributed by atoms with van der Waals surface area (Å²) in [6.07, 6.45) is 1.50. The van der Waals surface area contributed by atoms with Gasteiger partial charge in [-0.2, -0.15) is 0 Å². The van der Waals surface area contributed by atoms with Gasteiger partial charge in [-0.3, -0.25) is 4.79 Å². The molecule has 1 atom stereocenters. The molecule has 5 heteroatoms. The van der Waals surface area contributed by atoms with E-state index in [4.69, 9.17) is 0 Å². The van der Waals surface area contributed by atoms with Crippen molar-refractivity contribution in [2.24, 2.45) is 0 Å². The van der Waals surface area contributed by atoms with E-state index in [1.807, 2.05) is 36.4 Å². The average Bonchev–Trinajstić information content (AvgIpc) is 2.48. The van der Waals surface area contributed by atoms with Crippen molar-refractivity contribution in [2.75, 3.05) is 11.9 Å². The molecule has 1 aromatic carbocycles.